The molecule has 2 unspecified atom stereocenters. The molecule has 2 bridgehead atoms. The Morgan fingerprint density at radius 1 is 1.18 bits per heavy atom. The number of rotatable bonds is 1. The summed E-state index contributed by atoms with van der Waals surface area (Å²) in [6, 6.07) is 5.01. The van der Waals surface area contributed by atoms with Gasteiger partial charge in [0.05, 0.1) is 32.5 Å². The van der Waals surface area contributed by atoms with E-state index >= 15 is 0 Å². The third-order valence-electron chi connectivity index (χ3n) is 6.43. The van der Waals surface area contributed by atoms with Gasteiger partial charge in [0.1, 0.15) is 18.1 Å². The molecule has 9 heteroatoms. The van der Waals surface area contributed by atoms with Crippen LogP contribution in [0.5, 0.6) is 11.5 Å². The number of nitrogens with one attached hydrogen (secondary N) is 2. The molecule has 2 amide bonds. The number of methoxy groups -OCH3 is 1. The molecular formula is C25H35N3O6. The lowest BCUT2D eigenvalue weighted by Gasteiger charge is -2.44. The third kappa shape index (κ3) is 5.54. The lowest BCUT2D eigenvalue weighted by Crippen LogP contribution is -2.65. The van der Waals surface area contributed by atoms with Gasteiger partial charge < -0.3 is 34.5 Å². The van der Waals surface area contributed by atoms with Crippen LogP contribution in [0.1, 0.15) is 30.6 Å². The first kappa shape index (κ1) is 24.5. The normalized spacial score (nSPS) is 29.0. The summed E-state index contributed by atoms with van der Waals surface area (Å²) < 4.78 is 23.0. The second-order valence-electron chi connectivity index (χ2n) is 9.90. The molecule has 0 saturated carbocycles. The molecule has 1 aromatic rings. The summed E-state index contributed by atoms with van der Waals surface area (Å²) in [6.45, 7) is 7.42. The first-order chi connectivity index (χ1) is 16.3. The largest absolute Gasteiger partial charge is 0.497 e. The first-order valence-corrected chi connectivity index (χ1v) is 11.8. The van der Waals surface area contributed by atoms with Gasteiger partial charge in [0, 0.05) is 38.3 Å². The van der Waals surface area contributed by atoms with Gasteiger partial charge in [0.2, 0.25) is 0 Å². The van der Waals surface area contributed by atoms with Crippen molar-refractivity contribution in [2.45, 2.75) is 31.9 Å². The van der Waals surface area contributed by atoms with Crippen LogP contribution in [-0.2, 0) is 14.3 Å². The lowest BCUT2D eigenvalue weighted by atomic mass is 9.81. The van der Waals surface area contributed by atoms with Gasteiger partial charge in [-0.1, -0.05) is 19.9 Å². The average Bonchev–Trinajstić information content (AvgIpc) is 2.82. The fourth-order valence-corrected chi connectivity index (χ4v) is 4.84. The van der Waals surface area contributed by atoms with Crippen molar-refractivity contribution < 1.29 is 28.5 Å². The number of morpholine rings is 1. The number of benzene rings is 1. The summed E-state index contributed by atoms with van der Waals surface area (Å²) in [7, 11) is 1.58. The minimum Gasteiger partial charge on any atom is -0.497 e. The van der Waals surface area contributed by atoms with E-state index in [0.717, 1.165) is 6.42 Å². The third-order valence-corrected chi connectivity index (χ3v) is 6.43. The van der Waals surface area contributed by atoms with E-state index in [1.807, 2.05) is 12.2 Å². The monoisotopic (exact) mass is 473 g/mol. The van der Waals surface area contributed by atoms with Crippen molar-refractivity contribution in [3.63, 3.8) is 0 Å². The number of nitrogens with zero attached hydrogens (tertiary/aromatic N) is 1. The maximum atomic E-state index is 13.6. The van der Waals surface area contributed by atoms with E-state index in [1.54, 1.807) is 30.2 Å². The molecule has 2 saturated heterocycles. The standard InChI is InChI=1S/C25H35N3O6/c1-24(2)13-18-14-28(16-24)22(29)20-7-6-19(31-3)12-21(20)33-10-5-4-9-32-17-25(23(30)27-18)15-26-8-11-34-25/h4-7,12,18,26H,8-11,13-17H2,1-3H3,(H,27,30)/b5-4-. The van der Waals surface area contributed by atoms with Crippen molar-refractivity contribution in [1.29, 1.82) is 0 Å². The van der Waals surface area contributed by atoms with Gasteiger partial charge in [-0.15, -0.1) is 0 Å². The van der Waals surface area contributed by atoms with Crippen LogP contribution in [0.2, 0.25) is 0 Å². The molecule has 9 nitrogen and oxygen atoms in total. The Morgan fingerprint density at radius 3 is 2.76 bits per heavy atom. The minimum absolute atomic E-state index is 0.130. The van der Waals surface area contributed by atoms with Crippen molar-refractivity contribution in [1.82, 2.24) is 15.5 Å². The number of ether oxygens (including phenoxy) is 4. The van der Waals surface area contributed by atoms with Gasteiger partial charge in [0.25, 0.3) is 11.8 Å². The van der Waals surface area contributed by atoms with Crippen LogP contribution in [0, 0.1) is 5.41 Å². The highest BCUT2D eigenvalue weighted by atomic mass is 16.5. The molecular weight excluding hydrogens is 438 g/mol. The van der Waals surface area contributed by atoms with Crippen molar-refractivity contribution >= 4 is 11.8 Å². The molecule has 3 aliphatic rings. The van der Waals surface area contributed by atoms with Crippen LogP contribution in [0.15, 0.2) is 30.4 Å². The molecule has 1 aromatic carbocycles. The molecule has 0 aromatic heterocycles. The zero-order chi connectivity index (χ0) is 24.2. The molecule has 2 N–H and O–H groups in total. The topological polar surface area (TPSA) is 98.4 Å². The van der Waals surface area contributed by atoms with E-state index in [0.29, 0.717) is 56.5 Å². The predicted octanol–water partition coefficient (Wildman–Crippen LogP) is 1.38. The highest BCUT2D eigenvalue weighted by Crippen LogP contribution is 2.33. The fourth-order valence-electron chi connectivity index (χ4n) is 4.84. The molecule has 0 aliphatic carbocycles. The number of hydrogen-bond acceptors (Lipinski definition) is 7. The molecule has 186 valence electrons. The van der Waals surface area contributed by atoms with E-state index < -0.39 is 5.60 Å². The molecule has 3 heterocycles. The minimum atomic E-state index is -1.10. The molecule has 2 atom stereocenters. The molecule has 1 spiro atoms. The van der Waals surface area contributed by atoms with E-state index in [9.17, 15) is 9.59 Å². The summed E-state index contributed by atoms with van der Waals surface area (Å²) >= 11 is 0. The zero-order valence-electron chi connectivity index (χ0n) is 20.2. The highest BCUT2D eigenvalue weighted by molar-refractivity contribution is 5.97. The molecule has 0 radical (unpaired) electrons. The van der Waals surface area contributed by atoms with Crippen LogP contribution in [0.3, 0.4) is 0 Å². The quantitative estimate of drug-likeness (QED) is 0.595. The Morgan fingerprint density at radius 2 is 2.00 bits per heavy atom. The van der Waals surface area contributed by atoms with E-state index in [-0.39, 0.29) is 36.5 Å². The van der Waals surface area contributed by atoms with Gasteiger partial charge in [-0.3, -0.25) is 9.59 Å². The summed E-state index contributed by atoms with van der Waals surface area (Å²) in [5.41, 5.74) is -0.807. The summed E-state index contributed by atoms with van der Waals surface area (Å²) in [6.07, 6.45) is 4.41. The predicted molar refractivity (Wildman–Crippen MR) is 126 cm³/mol. The molecule has 34 heavy (non-hydrogen) atoms. The zero-order valence-corrected chi connectivity index (χ0v) is 20.2. The number of carbonyl (C=O) groups is 2. The highest BCUT2D eigenvalue weighted by Gasteiger charge is 2.44. The van der Waals surface area contributed by atoms with Crippen molar-refractivity contribution in [3.05, 3.63) is 35.9 Å². The number of carbonyl (C=O) groups excluding carboxylic acids is 2. The van der Waals surface area contributed by atoms with Crippen molar-refractivity contribution in [2.75, 3.05) is 59.7 Å². The Balaban J connectivity index is 1.65. The van der Waals surface area contributed by atoms with E-state index in [4.69, 9.17) is 18.9 Å². The number of hydrogen-bond donors (Lipinski definition) is 2. The van der Waals surface area contributed by atoms with E-state index in [2.05, 4.69) is 24.5 Å². The summed E-state index contributed by atoms with van der Waals surface area (Å²) in [5, 5.41) is 6.41. The van der Waals surface area contributed by atoms with Gasteiger partial charge in [-0.05, 0) is 30.0 Å². The Bertz CT molecular complexity index is 925. The van der Waals surface area contributed by atoms with Crippen LogP contribution in [0.4, 0.5) is 0 Å². The fraction of sp³-hybridized carbons (Fsp3) is 0.600. The number of amides is 2. The lowest BCUT2D eigenvalue weighted by molar-refractivity contribution is -0.161. The van der Waals surface area contributed by atoms with Gasteiger partial charge >= 0.3 is 0 Å². The molecule has 4 rings (SSSR count). The maximum Gasteiger partial charge on any atom is 0.257 e. The molecule has 3 aliphatic heterocycles. The average molecular weight is 474 g/mol. The molecule has 2 fully saturated rings. The van der Waals surface area contributed by atoms with Gasteiger partial charge in [-0.2, -0.15) is 0 Å². The second-order valence-corrected chi connectivity index (χ2v) is 9.90. The summed E-state index contributed by atoms with van der Waals surface area (Å²) in [5.74, 6) is 0.740. The smallest absolute Gasteiger partial charge is 0.257 e. The second kappa shape index (κ2) is 10.3. The number of piperidine rings is 1. The van der Waals surface area contributed by atoms with Crippen LogP contribution < -0.4 is 20.1 Å². The van der Waals surface area contributed by atoms with Gasteiger partial charge in [-0.25, -0.2) is 0 Å². The first-order valence-electron chi connectivity index (χ1n) is 11.8. The Kier molecular flexibility index (Phi) is 7.45. The Labute approximate surface area is 200 Å². The van der Waals surface area contributed by atoms with Crippen LogP contribution in [0.25, 0.3) is 0 Å². The van der Waals surface area contributed by atoms with E-state index in [1.165, 1.54) is 0 Å². The Hall–Kier alpha value is -2.62. The van der Waals surface area contributed by atoms with Crippen molar-refractivity contribution in [3.8, 4) is 11.5 Å². The van der Waals surface area contributed by atoms with Gasteiger partial charge in [0.15, 0.2) is 5.60 Å². The SMILES string of the molecule is COc1ccc2c(c1)OC/C=C\COCC1(CNCCO1)C(=O)NC1CN(CC(C)(C)C1)C2=O. The van der Waals surface area contributed by atoms with Crippen LogP contribution >= 0.6 is 0 Å². The maximum absolute atomic E-state index is 13.6. The number of fused-ring (bicyclic) bond motifs is 3. The summed E-state index contributed by atoms with van der Waals surface area (Å²) in [4.78, 5) is 28.9. The van der Waals surface area contributed by atoms with Crippen LogP contribution in [-0.4, -0.2) is 88.1 Å². The van der Waals surface area contributed by atoms with Crippen molar-refractivity contribution in [2.24, 2.45) is 5.41 Å².